The van der Waals surface area contributed by atoms with E-state index in [4.69, 9.17) is 0 Å². The van der Waals surface area contributed by atoms with Crippen LogP contribution in [0.2, 0.25) is 0 Å². The predicted molar refractivity (Wildman–Crippen MR) is 70.0 cm³/mol. The average Bonchev–Trinajstić information content (AvgIpc) is 3.12. The first-order chi connectivity index (χ1) is 8.80. The fourth-order valence-corrected chi connectivity index (χ4v) is 3.69. The third-order valence-corrected chi connectivity index (χ3v) is 4.76. The Morgan fingerprint density at radius 3 is 2.94 bits per heavy atom. The van der Waals surface area contributed by atoms with Crippen molar-refractivity contribution in [3.05, 3.63) is 18.6 Å². The maximum Gasteiger partial charge on any atom is 0.115 e. The molecule has 94 valence electrons. The number of rotatable bonds is 4. The van der Waals surface area contributed by atoms with E-state index in [9.17, 15) is 5.26 Å². The lowest BCUT2D eigenvalue weighted by molar-refractivity contribution is 0.420. The van der Waals surface area contributed by atoms with Crippen LogP contribution >= 0.6 is 11.8 Å². The van der Waals surface area contributed by atoms with Crippen LogP contribution in [0.25, 0.3) is 0 Å². The molecule has 2 aliphatic carbocycles. The van der Waals surface area contributed by atoms with E-state index >= 15 is 0 Å². The molecule has 0 spiro atoms. The first-order valence-electron chi connectivity index (χ1n) is 6.41. The van der Waals surface area contributed by atoms with Crippen molar-refractivity contribution in [3.63, 3.8) is 0 Å². The smallest absolute Gasteiger partial charge is 0.115 e. The molecule has 1 aromatic heterocycles. The quantitative estimate of drug-likeness (QED) is 0.898. The SMILES string of the molecule is N#CC1(NC2CC2)CCC(Sc2cnccn2)C1. The molecule has 2 atom stereocenters. The lowest BCUT2D eigenvalue weighted by Crippen LogP contribution is -2.43. The lowest BCUT2D eigenvalue weighted by Gasteiger charge is -2.22. The van der Waals surface area contributed by atoms with Gasteiger partial charge < -0.3 is 0 Å². The van der Waals surface area contributed by atoms with Gasteiger partial charge in [-0.3, -0.25) is 10.3 Å². The number of hydrogen-bond donors (Lipinski definition) is 1. The Labute approximate surface area is 111 Å². The van der Waals surface area contributed by atoms with Gasteiger partial charge in [-0.05, 0) is 32.1 Å². The Hall–Kier alpha value is -1.12. The highest BCUT2D eigenvalue weighted by atomic mass is 32.2. The molecule has 0 saturated heterocycles. The van der Waals surface area contributed by atoms with Crippen LogP contribution in [0.3, 0.4) is 0 Å². The minimum absolute atomic E-state index is 0.291. The molecule has 1 N–H and O–H groups in total. The molecule has 2 aliphatic rings. The van der Waals surface area contributed by atoms with Crippen LogP contribution in [0.15, 0.2) is 23.6 Å². The zero-order valence-electron chi connectivity index (χ0n) is 10.2. The van der Waals surface area contributed by atoms with Crippen LogP contribution < -0.4 is 5.32 Å². The first kappa shape index (κ1) is 11.9. The number of nitrogens with zero attached hydrogens (tertiary/aromatic N) is 3. The molecule has 4 nitrogen and oxygen atoms in total. The van der Waals surface area contributed by atoms with Crippen LogP contribution in [0.4, 0.5) is 0 Å². The van der Waals surface area contributed by atoms with Crippen LogP contribution in [-0.4, -0.2) is 26.8 Å². The summed E-state index contributed by atoms with van der Waals surface area (Å²) in [5, 5.41) is 14.4. The van der Waals surface area contributed by atoms with E-state index in [0.29, 0.717) is 11.3 Å². The van der Waals surface area contributed by atoms with E-state index in [-0.39, 0.29) is 5.54 Å². The zero-order valence-corrected chi connectivity index (χ0v) is 11.0. The average molecular weight is 260 g/mol. The standard InChI is InChI=1S/C13H16N4S/c14-9-13(17-10-1-2-10)4-3-11(7-13)18-12-8-15-5-6-16-12/h5-6,8,10-11,17H,1-4,7H2. The molecule has 3 rings (SSSR count). The van der Waals surface area contributed by atoms with Crippen molar-refractivity contribution in [2.24, 2.45) is 0 Å². The summed E-state index contributed by atoms with van der Waals surface area (Å²) < 4.78 is 0. The lowest BCUT2D eigenvalue weighted by atomic mass is 10.00. The largest absolute Gasteiger partial charge is 0.297 e. The van der Waals surface area contributed by atoms with Gasteiger partial charge in [-0.25, -0.2) is 4.98 Å². The monoisotopic (exact) mass is 260 g/mol. The minimum Gasteiger partial charge on any atom is -0.297 e. The second kappa shape index (κ2) is 4.87. The van der Waals surface area contributed by atoms with Gasteiger partial charge in [0.05, 0.1) is 12.3 Å². The summed E-state index contributed by atoms with van der Waals surface area (Å²) in [5.41, 5.74) is -0.291. The van der Waals surface area contributed by atoms with Crippen LogP contribution in [-0.2, 0) is 0 Å². The highest BCUT2D eigenvalue weighted by Gasteiger charge is 2.43. The van der Waals surface area contributed by atoms with Crippen molar-refractivity contribution in [2.45, 2.75) is 54.0 Å². The van der Waals surface area contributed by atoms with E-state index in [0.717, 1.165) is 24.3 Å². The number of nitriles is 1. The van der Waals surface area contributed by atoms with Crippen molar-refractivity contribution in [3.8, 4) is 6.07 Å². The number of nitrogens with one attached hydrogen (secondary N) is 1. The first-order valence-corrected chi connectivity index (χ1v) is 7.29. The molecule has 2 saturated carbocycles. The van der Waals surface area contributed by atoms with Crippen molar-refractivity contribution < 1.29 is 0 Å². The summed E-state index contributed by atoms with van der Waals surface area (Å²) >= 11 is 1.75. The van der Waals surface area contributed by atoms with E-state index < -0.39 is 0 Å². The maximum absolute atomic E-state index is 9.43. The molecule has 0 bridgehead atoms. The summed E-state index contributed by atoms with van der Waals surface area (Å²) in [4.78, 5) is 8.36. The zero-order chi connectivity index (χ0) is 12.4. The van der Waals surface area contributed by atoms with Crippen LogP contribution in [0.5, 0.6) is 0 Å². The summed E-state index contributed by atoms with van der Waals surface area (Å²) in [6, 6.07) is 3.09. The Balaban J connectivity index is 1.62. The second-order valence-corrected chi connectivity index (χ2v) is 6.46. The topological polar surface area (TPSA) is 61.6 Å². The summed E-state index contributed by atoms with van der Waals surface area (Å²) in [5.74, 6) is 0. The summed E-state index contributed by atoms with van der Waals surface area (Å²) in [6.45, 7) is 0. The Morgan fingerprint density at radius 1 is 1.39 bits per heavy atom. The molecule has 2 unspecified atom stereocenters. The van der Waals surface area contributed by atoms with E-state index in [1.165, 1.54) is 12.8 Å². The van der Waals surface area contributed by atoms with Gasteiger partial charge >= 0.3 is 0 Å². The van der Waals surface area contributed by atoms with Crippen molar-refractivity contribution >= 4 is 11.8 Å². The molecular formula is C13H16N4S. The van der Waals surface area contributed by atoms with Gasteiger partial charge in [0, 0.05) is 23.7 Å². The molecule has 0 radical (unpaired) electrons. The van der Waals surface area contributed by atoms with Crippen LogP contribution in [0.1, 0.15) is 32.1 Å². The third kappa shape index (κ3) is 2.65. The van der Waals surface area contributed by atoms with Gasteiger partial charge in [0.2, 0.25) is 0 Å². The fourth-order valence-electron chi connectivity index (χ4n) is 2.50. The Kier molecular flexibility index (Phi) is 3.23. The maximum atomic E-state index is 9.43. The van der Waals surface area contributed by atoms with Gasteiger partial charge in [-0.2, -0.15) is 5.26 Å². The fraction of sp³-hybridized carbons (Fsp3) is 0.615. The molecule has 0 aliphatic heterocycles. The Morgan fingerprint density at radius 2 is 2.28 bits per heavy atom. The number of hydrogen-bond acceptors (Lipinski definition) is 5. The molecule has 0 amide bonds. The minimum atomic E-state index is -0.291. The third-order valence-electron chi connectivity index (χ3n) is 3.57. The highest BCUT2D eigenvalue weighted by Crippen LogP contribution is 2.40. The van der Waals surface area contributed by atoms with Gasteiger partial charge in [0.15, 0.2) is 0 Å². The van der Waals surface area contributed by atoms with Crippen molar-refractivity contribution in [1.29, 1.82) is 5.26 Å². The molecular weight excluding hydrogens is 244 g/mol. The highest BCUT2D eigenvalue weighted by molar-refractivity contribution is 7.99. The van der Waals surface area contributed by atoms with Crippen molar-refractivity contribution in [2.75, 3.05) is 0 Å². The Bertz CT molecular complexity index is 454. The normalized spacial score (nSPS) is 31.2. The summed E-state index contributed by atoms with van der Waals surface area (Å²) in [7, 11) is 0. The van der Waals surface area contributed by atoms with E-state index in [1.54, 1.807) is 30.4 Å². The number of aromatic nitrogens is 2. The predicted octanol–water partition coefficient (Wildman–Crippen LogP) is 2.14. The molecule has 1 aromatic rings. The summed E-state index contributed by atoms with van der Waals surface area (Å²) in [6.07, 6.45) is 10.6. The van der Waals surface area contributed by atoms with Gasteiger partial charge in [0.1, 0.15) is 10.6 Å². The van der Waals surface area contributed by atoms with Crippen LogP contribution in [0, 0.1) is 11.3 Å². The van der Waals surface area contributed by atoms with Crippen molar-refractivity contribution in [1.82, 2.24) is 15.3 Å². The molecule has 18 heavy (non-hydrogen) atoms. The van der Waals surface area contributed by atoms with E-state index in [1.807, 2.05) is 0 Å². The van der Waals surface area contributed by atoms with Gasteiger partial charge in [-0.15, -0.1) is 11.8 Å². The number of thioether (sulfide) groups is 1. The van der Waals surface area contributed by atoms with Gasteiger partial charge in [-0.1, -0.05) is 0 Å². The van der Waals surface area contributed by atoms with E-state index in [2.05, 4.69) is 21.4 Å². The van der Waals surface area contributed by atoms with Gasteiger partial charge in [0.25, 0.3) is 0 Å². The molecule has 5 heteroatoms. The molecule has 1 heterocycles. The molecule has 0 aromatic carbocycles. The second-order valence-electron chi connectivity index (χ2n) is 5.14. The molecule has 2 fully saturated rings.